The van der Waals surface area contributed by atoms with Gasteiger partial charge in [0.2, 0.25) is 0 Å². The monoisotopic (exact) mass is 418 g/mol. The van der Waals surface area contributed by atoms with Crippen LogP contribution in [-0.2, 0) is 21.4 Å². The minimum atomic E-state index is -0.693. The van der Waals surface area contributed by atoms with Crippen LogP contribution in [0.2, 0.25) is 0 Å². The number of aryl methyl sites for hydroxylation is 3. The summed E-state index contributed by atoms with van der Waals surface area (Å²) in [7, 11) is 3.48. The lowest BCUT2D eigenvalue weighted by Crippen LogP contribution is -2.32. The number of aliphatic hydroxyl groups is 1. The largest absolute Gasteiger partial charge is 0.507 e. The predicted octanol–water partition coefficient (Wildman–Crippen LogP) is 3.86. The second-order valence-electron chi connectivity index (χ2n) is 8.02. The zero-order chi connectivity index (χ0) is 22.3. The van der Waals surface area contributed by atoms with E-state index >= 15 is 0 Å². The Morgan fingerprint density at radius 2 is 1.87 bits per heavy atom. The summed E-state index contributed by atoms with van der Waals surface area (Å²) >= 11 is 0. The Balaban J connectivity index is 1.99. The summed E-state index contributed by atoms with van der Waals surface area (Å²) in [6.07, 6.45) is 1.93. The van der Waals surface area contributed by atoms with Crippen molar-refractivity contribution in [2.24, 2.45) is 7.05 Å². The summed E-state index contributed by atoms with van der Waals surface area (Å²) in [5.74, 6) is -1.44. The van der Waals surface area contributed by atoms with E-state index in [9.17, 15) is 14.7 Å². The summed E-state index contributed by atoms with van der Waals surface area (Å²) in [5.41, 5.74) is 4.27. The molecular weight excluding hydrogens is 392 g/mol. The van der Waals surface area contributed by atoms with Gasteiger partial charge in [0, 0.05) is 48.9 Å². The first-order valence-corrected chi connectivity index (χ1v) is 10.2. The lowest BCUT2D eigenvalue weighted by molar-refractivity contribution is -0.140. The molecule has 0 radical (unpaired) electrons. The number of fused-ring (bicyclic) bond motifs is 1. The molecule has 1 saturated heterocycles. The second kappa shape index (κ2) is 8.04. The molecule has 1 atom stereocenters. The Bertz CT molecular complexity index is 1220. The number of rotatable bonds is 5. The van der Waals surface area contributed by atoms with E-state index in [0.29, 0.717) is 5.56 Å². The second-order valence-corrected chi connectivity index (χ2v) is 8.02. The average Bonchev–Trinajstić information content (AvgIpc) is 3.22. The van der Waals surface area contributed by atoms with E-state index in [4.69, 9.17) is 4.74 Å². The van der Waals surface area contributed by atoms with Crippen molar-refractivity contribution in [3.8, 4) is 0 Å². The molecule has 0 spiro atoms. The molecule has 3 aromatic rings. The van der Waals surface area contributed by atoms with Crippen LogP contribution in [-0.4, -0.2) is 46.5 Å². The molecule has 1 N–H and O–H groups in total. The van der Waals surface area contributed by atoms with Gasteiger partial charge >= 0.3 is 0 Å². The van der Waals surface area contributed by atoms with Crippen LogP contribution in [0.5, 0.6) is 0 Å². The number of hydrogen-bond acceptors (Lipinski definition) is 4. The summed E-state index contributed by atoms with van der Waals surface area (Å²) in [6, 6.07) is 12.8. The highest BCUT2D eigenvalue weighted by molar-refractivity contribution is 6.46. The summed E-state index contributed by atoms with van der Waals surface area (Å²) in [5, 5.41) is 12.2. The number of para-hydroxylation sites is 1. The van der Waals surface area contributed by atoms with Gasteiger partial charge in [-0.15, -0.1) is 0 Å². The van der Waals surface area contributed by atoms with Crippen molar-refractivity contribution in [2.75, 3.05) is 20.3 Å². The SMILES string of the molecule is COCCN1C(=O)C(=O)/C(=C(/O)c2cc(C)ccc2C)C1c1cn(C)c2ccccc12. The van der Waals surface area contributed by atoms with Gasteiger partial charge in [-0.1, -0.05) is 35.9 Å². The lowest BCUT2D eigenvalue weighted by Gasteiger charge is -2.24. The first kappa shape index (κ1) is 20.9. The molecule has 0 aliphatic carbocycles. The van der Waals surface area contributed by atoms with Gasteiger partial charge in [-0.25, -0.2) is 0 Å². The number of ether oxygens (including phenoxy) is 1. The van der Waals surface area contributed by atoms with Crippen LogP contribution in [0, 0.1) is 13.8 Å². The van der Waals surface area contributed by atoms with Crippen molar-refractivity contribution in [2.45, 2.75) is 19.9 Å². The number of Topliss-reactive ketones (excluding diaryl/α,β-unsaturated/α-hetero) is 1. The number of carbonyl (C=O) groups excluding carboxylic acids is 2. The molecule has 1 unspecified atom stereocenters. The fourth-order valence-corrected chi connectivity index (χ4v) is 4.35. The Kier molecular flexibility index (Phi) is 5.41. The maximum atomic E-state index is 13.2. The Morgan fingerprint density at radius 3 is 2.61 bits per heavy atom. The number of benzene rings is 2. The molecule has 2 aromatic carbocycles. The van der Waals surface area contributed by atoms with Crippen LogP contribution >= 0.6 is 0 Å². The zero-order valence-electron chi connectivity index (χ0n) is 18.2. The van der Waals surface area contributed by atoms with Gasteiger partial charge < -0.3 is 19.3 Å². The van der Waals surface area contributed by atoms with Gasteiger partial charge in [0.05, 0.1) is 18.2 Å². The van der Waals surface area contributed by atoms with Crippen LogP contribution in [0.25, 0.3) is 16.7 Å². The van der Waals surface area contributed by atoms with Gasteiger partial charge in [-0.3, -0.25) is 9.59 Å². The normalized spacial score (nSPS) is 18.3. The minimum absolute atomic E-state index is 0.117. The van der Waals surface area contributed by atoms with Gasteiger partial charge in [0.25, 0.3) is 11.7 Å². The summed E-state index contributed by atoms with van der Waals surface area (Å²) < 4.78 is 7.16. The average molecular weight is 418 g/mol. The molecule has 31 heavy (non-hydrogen) atoms. The minimum Gasteiger partial charge on any atom is -0.507 e. The molecule has 2 heterocycles. The van der Waals surface area contributed by atoms with E-state index in [1.165, 1.54) is 4.90 Å². The Morgan fingerprint density at radius 1 is 1.13 bits per heavy atom. The van der Waals surface area contributed by atoms with Crippen molar-refractivity contribution in [1.29, 1.82) is 0 Å². The zero-order valence-corrected chi connectivity index (χ0v) is 18.2. The Hall–Kier alpha value is -3.38. The maximum Gasteiger partial charge on any atom is 0.295 e. The molecule has 0 bridgehead atoms. The topological polar surface area (TPSA) is 71.8 Å². The van der Waals surface area contributed by atoms with E-state index in [1.54, 1.807) is 7.11 Å². The Labute approximate surface area is 181 Å². The third-order valence-corrected chi connectivity index (χ3v) is 5.95. The summed E-state index contributed by atoms with van der Waals surface area (Å²) in [4.78, 5) is 27.7. The molecule has 0 saturated carbocycles. The lowest BCUT2D eigenvalue weighted by atomic mass is 9.93. The van der Waals surface area contributed by atoms with Gasteiger partial charge in [0.1, 0.15) is 5.76 Å². The molecule has 1 aromatic heterocycles. The van der Waals surface area contributed by atoms with Crippen LogP contribution in [0.3, 0.4) is 0 Å². The molecule has 4 rings (SSSR count). The van der Waals surface area contributed by atoms with Crippen LogP contribution in [0.4, 0.5) is 0 Å². The van der Waals surface area contributed by atoms with Gasteiger partial charge in [-0.05, 0) is 31.5 Å². The fraction of sp³-hybridized carbons (Fsp3) is 0.280. The number of nitrogens with zero attached hydrogens (tertiary/aromatic N) is 2. The standard InChI is InChI=1S/C25H26N2O4/c1-15-9-10-16(2)18(13-15)23(28)21-22(27(11-12-31-4)25(30)24(21)29)19-14-26(3)20-8-6-5-7-17(19)20/h5-10,13-14,22,28H,11-12H2,1-4H3/b23-21+. The van der Waals surface area contributed by atoms with Gasteiger partial charge in [0.15, 0.2) is 0 Å². The molecule has 1 fully saturated rings. The van der Waals surface area contributed by atoms with E-state index in [2.05, 4.69) is 0 Å². The molecule has 1 aliphatic heterocycles. The first-order valence-electron chi connectivity index (χ1n) is 10.2. The maximum absolute atomic E-state index is 13.2. The molecule has 1 amide bonds. The molecular formula is C25H26N2O4. The van der Waals surface area contributed by atoms with E-state index < -0.39 is 17.7 Å². The van der Waals surface area contributed by atoms with E-state index in [1.807, 2.05) is 74.1 Å². The van der Waals surface area contributed by atoms with E-state index in [-0.39, 0.29) is 24.5 Å². The quantitative estimate of drug-likeness (QED) is 0.388. The predicted molar refractivity (Wildman–Crippen MR) is 120 cm³/mol. The van der Waals surface area contributed by atoms with Crippen LogP contribution in [0.1, 0.15) is 28.3 Å². The van der Waals surface area contributed by atoms with Crippen molar-refractivity contribution in [1.82, 2.24) is 9.47 Å². The number of likely N-dealkylation sites (tertiary alicyclic amines) is 1. The highest BCUT2D eigenvalue weighted by atomic mass is 16.5. The van der Waals surface area contributed by atoms with Crippen LogP contribution < -0.4 is 0 Å². The third-order valence-electron chi connectivity index (χ3n) is 5.95. The number of amides is 1. The number of carbonyl (C=O) groups is 2. The number of methoxy groups -OCH3 is 1. The number of aromatic nitrogens is 1. The van der Waals surface area contributed by atoms with Crippen molar-refractivity contribution in [3.63, 3.8) is 0 Å². The summed E-state index contributed by atoms with van der Waals surface area (Å²) in [6.45, 7) is 4.34. The third kappa shape index (κ3) is 3.43. The highest BCUT2D eigenvalue weighted by Crippen LogP contribution is 2.42. The van der Waals surface area contributed by atoms with Crippen LogP contribution in [0.15, 0.2) is 54.2 Å². The fourth-order valence-electron chi connectivity index (χ4n) is 4.35. The number of aliphatic hydroxyl groups excluding tert-OH is 1. The number of ketones is 1. The number of hydrogen-bond donors (Lipinski definition) is 1. The van der Waals surface area contributed by atoms with E-state index in [0.717, 1.165) is 27.6 Å². The van der Waals surface area contributed by atoms with Crippen molar-refractivity contribution >= 4 is 28.4 Å². The van der Waals surface area contributed by atoms with Gasteiger partial charge in [-0.2, -0.15) is 0 Å². The van der Waals surface area contributed by atoms with Crippen molar-refractivity contribution in [3.05, 3.63) is 76.5 Å². The first-order chi connectivity index (χ1) is 14.8. The molecule has 160 valence electrons. The molecule has 6 nitrogen and oxygen atoms in total. The van der Waals surface area contributed by atoms with Crippen molar-refractivity contribution < 1.29 is 19.4 Å². The highest BCUT2D eigenvalue weighted by Gasteiger charge is 2.46. The molecule has 1 aliphatic rings. The molecule has 6 heteroatoms. The smallest absolute Gasteiger partial charge is 0.295 e.